The lowest BCUT2D eigenvalue weighted by Crippen LogP contribution is -2.44. The molecule has 1 saturated carbocycles. The van der Waals surface area contributed by atoms with Crippen molar-refractivity contribution in [2.24, 2.45) is 23.7 Å². The predicted molar refractivity (Wildman–Crippen MR) is 161 cm³/mol. The summed E-state index contributed by atoms with van der Waals surface area (Å²) in [6, 6.07) is 16.0. The Morgan fingerprint density at radius 3 is 2.47 bits per heavy atom. The number of aromatic nitrogens is 3. The van der Waals surface area contributed by atoms with Crippen LogP contribution in [0.1, 0.15) is 68.7 Å². The summed E-state index contributed by atoms with van der Waals surface area (Å²) < 4.78 is 25.4. The molecule has 0 N–H and O–H groups in total. The molecule has 1 unspecified atom stereocenters. The maximum atomic E-state index is 14.2. The molecule has 8 nitrogen and oxygen atoms in total. The molecule has 6 atom stereocenters. The fourth-order valence-electron chi connectivity index (χ4n) is 7.57. The lowest BCUT2D eigenvalue weighted by atomic mass is 9.66. The van der Waals surface area contributed by atoms with Crippen molar-refractivity contribution in [3.63, 3.8) is 0 Å². The Kier molecular flexibility index (Phi) is 9.36. The number of ether oxygens (including phenoxy) is 2. The van der Waals surface area contributed by atoms with E-state index in [9.17, 15) is 9.18 Å². The minimum Gasteiger partial charge on any atom is -0.481 e. The molecule has 1 aliphatic heterocycles. The van der Waals surface area contributed by atoms with Crippen LogP contribution in [-0.4, -0.2) is 48.3 Å². The van der Waals surface area contributed by atoms with E-state index in [4.69, 9.17) is 14.7 Å². The molecule has 9 heteroatoms. The molecular weight excluding hydrogens is 545 g/mol. The molecule has 1 aromatic carbocycles. The van der Waals surface area contributed by atoms with Gasteiger partial charge in [0.2, 0.25) is 5.88 Å². The summed E-state index contributed by atoms with van der Waals surface area (Å²) in [6.45, 7) is 5.55. The van der Waals surface area contributed by atoms with Gasteiger partial charge in [0, 0.05) is 50.7 Å². The Balaban J connectivity index is 1.38. The van der Waals surface area contributed by atoms with Crippen LogP contribution in [0.3, 0.4) is 0 Å². The monoisotopic (exact) mass is 585 g/mol. The highest BCUT2D eigenvalue weighted by molar-refractivity contribution is 5.83. The van der Waals surface area contributed by atoms with E-state index in [2.05, 4.69) is 33.9 Å². The van der Waals surface area contributed by atoms with Gasteiger partial charge >= 0.3 is 0 Å². The molecule has 0 amide bonds. The normalized spacial score (nSPS) is 27.6. The third kappa shape index (κ3) is 6.25. The van der Waals surface area contributed by atoms with Crippen LogP contribution in [0, 0.1) is 40.8 Å². The number of pyridine rings is 1. The molecule has 2 aliphatic rings. The first-order chi connectivity index (χ1) is 20.8. The summed E-state index contributed by atoms with van der Waals surface area (Å²) in [4.78, 5) is 20.7. The largest absolute Gasteiger partial charge is 0.481 e. The van der Waals surface area contributed by atoms with Gasteiger partial charge < -0.3 is 14.4 Å². The summed E-state index contributed by atoms with van der Waals surface area (Å²) in [6.07, 6.45) is 6.08. The number of hydrogen-bond donors (Lipinski definition) is 0. The molecule has 2 fully saturated rings. The van der Waals surface area contributed by atoms with E-state index in [1.807, 2.05) is 30.3 Å². The second-order valence-electron chi connectivity index (χ2n) is 12.1. The van der Waals surface area contributed by atoms with E-state index >= 15 is 0 Å². The Bertz CT molecular complexity index is 1430. The Morgan fingerprint density at radius 2 is 1.84 bits per heavy atom. The number of rotatable bonds is 8. The third-order valence-electron chi connectivity index (χ3n) is 9.74. The van der Waals surface area contributed by atoms with Gasteiger partial charge in [-0.3, -0.25) is 4.79 Å². The Labute approximate surface area is 253 Å². The lowest BCUT2D eigenvalue weighted by molar-refractivity contribution is -0.127. The van der Waals surface area contributed by atoms with E-state index in [1.165, 1.54) is 12.1 Å². The number of anilines is 1. The standard InChI is InChI=1S/C34H40FN5O3/c1-22-6-5-7-24(16-23(2)34(22,43-4)26-9-11-27(35)12-10-26)17-31(41)30-21-40(32-14-13-28(18-36)38-39-32)20-29(30)25-8-15-33(42-3)37-19-25/h8-15,19,22-24,29-30H,5-7,16-17,20-21H2,1-4H3/t22-,23+,24?,29-,30+,34-/m0/s1. The summed E-state index contributed by atoms with van der Waals surface area (Å²) in [5, 5.41) is 17.4. The number of ketones is 1. The molecule has 3 heterocycles. The van der Waals surface area contributed by atoms with Crippen molar-refractivity contribution in [2.45, 2.75) is 57.5 Å². The minimum atomic E-state index is -0.550. The summed E-state index contributed by atoms with van der Waals surface area (Å²) in [5.74, 6) is 1.44. The highest BCUT2D eigenvalue weighted by atomic mass is 19.1. The van der Waals surface area contributed by atoms with Crippen LogP contribution in [0.2, 0.25) is 0 Å². The third-order valence-corrected chi connectivity index (χ3v) is 9.74. The van der Waals surface area contributed by atoms with Gasteiger partial charge in [-0.2, -0.15) is 5.26 Å². The van der Waals surface area contributed by atoms with Crippen molar-refractivity contribution in [1.29, 1.82) is 5.26 Å². The average molecular weight is 586 g/mol. The van der Waals surface area contributed by atoms with Crippen molar-refractivity contribution in [3.8, 4) is 11.9 Å². The van der Waals surface area contributed by atoms with Crippen LogP contribution < -0.4 is 9.64 Å². The average Bonchev–Trinajstić information content (AvgIpc) is 3.48. The molecule has 0 bridgehead atoms. The van der Waals surface area contributed by atoms with Gasteiger partial charge in [-0.05, 0) is 72.4 Å². The van der Waals surface area contributed by atoms with Gasteiger partial charge in [0.25, 0.3) is 0 Å². The summed E-state index contributed by atoms with van der Waals surface area (Å²) >= 11 is 0. The number of Topliss-reactive ketones (excluding diaryl/α,β-unsaturated/α-hetero) is 1. The number of nitrogens with zero attached hydrogens (tertiary/aromatic N) is 5. The van der Waals surface area contributed by atoms with Crippen LogP contribution in [-0.2, 0) is 15.1 Å². The van der Waals surface area contributed by atoms with Gasteiger partial charge in [0.1, 0.15) is 17.7 Å². The molecule has 43 heavy (non-hydrogen) atoms. The van der Waals surface area contributed by atoms with E-state index in [0.29, 0.717) is 31.2 Å². The number of nitriles is 1. The predicted octanol–water partition coefficient (Wildman–Crippen LogP) is 6.07. The zero-order valence-electron chi connectivity index (χ0n) is 25.4. The van der Waals surface area contributed by atoms with Gasteiger partial charge in [0.15, 0.2) is 11.5 Å². The maximum absolute atomic E-state index is 14.2. The smallest absolute Gasteiger partial charge is 0.212 e. The molecule has 1 saturated heterocycles. The van der Waals surface area contributed by atoms with E-state index in [-0.39, 0.29) is 46.9 Å². The van der Waals surface area contributed by atoms with Crippen molar-refractivity contribution >= 4 is 11.6 Å². The molecule has 1 aliphatic carbocycles. The minimum absolute atomic E-state index is 0.0633. The van der Waals surface area contributed by atoms with E-state index in [1.54, 1.807) is 32.5 Å². The fraction of sp³-hybridized carbons (Fsp3) is 0.500. The van der Waals surface area contributed by atoms with Crippen molar-refractivity contribution in [2.75, 3.05) is 32.2 Å². The first-order valence-electron chi connectivity index (χ1n) is 15.1. The molecule has 0 spiro atoms. The van der Waals surface area contributed by atoms with Crippen molar-refractivity contribution < 1.29 is 18.7 Å². The van der Waals surface area contributed by atoms with Crippen LogP contribution in [0.25, 0.3) is 0 Å². The maximum Gasteiger partial charge on any atom is 0.212 e. The van der Waals surface area contributed by atoms with Crippen molar-refractivity contribution in [3.05, 3.63) is 77.4 Å². The number of carbonyl (C=O) groups excluding carboxylic acids is 1. The van der Waals surface area contributed by atoms with Gasteiger partial charge in [-0.25, -0.2) is 9.37 Å². The quantitative estimate of drug-likeness (QED) is 0.314. The van der Waals surface area contributed by atoms with E-state index < -0.39 is 5.60 Å². The van der Waals surface area contributed by atoms with Crippen LogP contribution in [0.4, 0.5) is 10.2 Å². The second kappa shape index (κ2) is 13.2. The fourth-order valence-corrected chi connectivity index (χ4v) is 7.57. The second-order valence-corrected chi connectivity index (χ2v) is 12.1. The zero-order chi connectivity index (χ0) is 30.6. The van der Waals surface area contributed by atoms with Gasteiger partial charge in [-0.1, -0.05) is 38.5 Å². The number of carbonyl (C=O) groups is 1. The van der Waals surface area contributed by atoms with Gasteiger partial charge in [-0.15, -0.1) is 10.2 Å². The molecule has 0 radical (unpaired) electrons. The molecule has 3 aromatic rings. The number of hydrogen-bond acceptors (Lipinski definition) is 8. The first-order valence-corrected chi connectivity index (χ1v) is 15.1. The SMILES string of the molecule is COc1ccc([C@@H]2CN(c3ccc(C#N)nn3)C[C@H]2C(=O)CC2CCC[C@H](C)[C@@](OC)(c3ccc(F)cc3)[C@H](C)C2)cn1. The molecular formula is C34H40FN5O3. The highest BCUT2D eigenvalue weighted by Crippen LogP contribution is 2.48. The molecule has 5 rings (SSSR count). The summed E-state index contributed by atoms with van der Waals surface area (Å²) in [5.41, 5.74) is 1.68. The van der Waals surface area contributed by atoms with Crippen LogP contribution >= 0.6 is 0 Å². The summed E-state index contributed by atoms with van der Waals surface area (Å²) in [7, 11) is 3.34. The van der Waals surface area contributed by atoms with E-state index in [0.717, 1.165) is 36.8 Å². The molecule has 2 aromatic heterocycles. The lowest BCUT2D eigenvalue weighted by Gasteiger charge is -2.46. The number of methoxy groups -OCH3 is 2. The topological polar surface area (TPSA) is 101 Å². The van der Waals surface area contributed by atoms with Crippen molar-refractivity contribution in [1.82, 2.24) is 15.2 Å². The van der Waals surface area contributed by atoms with Crippen LogP contribution in [0.5, 0.6) is 5.88 Å². The number of benzene rings is 1. The number of halogens is 1. The Morgan fingerprint density at radius 1 is 1.05 bits per heavy atom. The zero-order valence-corrected chi connectivity index (χ0v) is 25.4. The highest BCUT2D eigenvalue weighted by Gasteiger charge is 2.46. The van der Waals surface area contributed by atoms with Gasteiger partial charge in [0.05, 0.1) is 12.7 Å². The first kappa shape index (κ1) is 30.6. The molecule has 226 valence electrons. The van der Waals surface area contributed by atoms with Crippen LogP contribution in [0.15, 0.2) is 54.7 Å². The Hall–Kier alpha value is -3.90.